The van der Waals surface area contributed by atoms with Crippen LogP contribution in [0.2, 0.25) is 0 Å². The normalized spacial score (nSPS) is 14.5. The fraction of sp³-hybridized carbons (Fsp3) is 0.600. The first-order chi connectivity index (χ1) is 12.6. The molecule has 144 valence electrons. The van der Waals surface area contributed by atoms with E-state index < -0.39 is 0 Å². The van der Waals surface area contributed by atoms with Gasteiger partial charge in [-0.15, -0.1) is 0 Å². The van der Waals surface area contributed by atoms with Gasteiger partial charge in [0.2, 0.25) is 5.91 Å². The Morgan fingerprint density at radius 2 is 1.92 bits per heavy atom. The molecule has 0 atom stereocenters. The quantitative estimate of drug-likeness (QED) is 0.592. The Morgan fingerprint density at radius 1 is 1.12 bits per heavy atom. The van der Waals surface area contributed by atoms with Crippen molar-refractivity contribution in [2.45, 2.75) is 57.9 Å². The Labute approximate surface area is 156 Å². The summed E-state index contributed by atoms with van der Waals surface area (Å²) in [5, 5.41) is 8.57. The van der Waals surface area contributed by atoms with E-state index in [-0.39, 0.29) is 24.4 Å². The molecule has 26 heavy (non-hydrogen) atoms. The van der Waals surface area contributed by atoms with E-state index in [4.69, 9.17) is 4.74 Å². The predicted octanol–water partition coefficient (Wildman–Crippen LogP) is 2.90. The third-order valence-electron chi connectivity index (χ3n) is 4.48. The molecule has 0 aromatic heterocycles. The van der Waals surface area contributed by atoms with Crippen LogP contribution >= 0.6 is 0 Å². The van der Waals surface area contributed by atoms with Gasteiger partial charge in [0.05, 0.1) is 6.61 Å². The number of urea groups is 1. The second-order valence-corrected chi connectivity index (χ2v) is 6.85. The molecule has 1 aliphatic carbocycles. The minimum atomic E-state index is -0.170. The smallest absolute Gasteiger partial charge is 0.315 e. The van der Waals surface area contributed by atoms with E-state index in [1.54, 1.807) is 0 Å². The lowest BCUT2D eigenvalue weighted by atomic mass is 9.96. The van der Waals surface area contributed by atoms with E-state index >= 15 is 0 Å². The Hall–Kier alpha value is -2.24. The number of hydrogen-bond donors (Lipinski definition) is 3. The summed E-state index contributed by atoms with van der Waals surface area (Å²) in [6.07, 6.45) is 6.76. The Kier molecular flexibility index (Phi) is 8.79. The minimum absolute atomic E-state index is 0.0569. The average molecular weight is 361 g/mol. The Balaban J connectivity index is 1.46. The molecule has 1 aromatic rings. The third-order valence-corrected chi connectivity index (χ3v) is 4.48. The van der Waals surface area contributed by atoms with Crippen LogP contribution in [0.15, 0.2) is 24.3 Å². The molecule has 0 aliphatic heterocycles. The minimum Gasteiger partial charge on any atom is -0.494 e. The van der Waals surface area contributed by atoms with Gasteiger partial charge in [-0.1, -0.05) is 31.4 Å². The molecule has 2 rings (SSSR count). The topological polar surface area (TPSA) is 79.5 Å². The molecule has 6 nitrogen and oxygen atoms in total. The Morgan fingerprint density at radius 3 is 2.69 bits per heavy atom. The van der Waals surface area contributed by atoms with E-state index in [1.807, 2.05) is 31.2 Å². The molecule has 3 amide bonds. The number of amides is 3. The van der Waals surface area contributed by atoms with Crippen LogP contribution in [0.5, 0.6) is 5.75 Å². The molecule has 1 fully saturated rings. The first-order valence-electron chi connectivity index (χ1n) is 9.64. The molecule has 3 N–H and O–H groups in total. The number of rotatable bonds is 9. The summed E-state index contributed by atoms with van der Waals surface area (Å²) < 4.78 is 5.64. The van der Waals surface area contributed by atoms with E-state index in [9.17, 15) is 9.59 Å². The number of carbonyl (C=O) groups is 2. The van der Waals surface area contributed by atoms with Gasteiger partial charge < -0.3 is 20.7 Å². The highest BCUT2D eigenvalue weighted by atomic mass is 16.5. The van der Waals surface area contributed by atoms with Crippen molar-refractivity contribution in [3.05, 3.63) is 29.8 Å². The number of carbonyl (C=O) groups excluding carboxylic acids is 2. The summed E-state index contributed by atoms with van der Waals surface area (Å²) >= 11 is 0. The summed E-state index contributed by atoms with van der Waals surface area (Å²) in [4.78, 5) is 23.5. The van der Waals surface area contributed by atoms with Crippen LogP contribution in [-0.2, 0) is 4.79 Å². The van der Waals surface area contributed by atoms with Crippen molar-refractivity contribution >= 4 is 11.9 Å². The zero-order valence-electron chi connectivity index (χ0n) is 15.7. The molecule has 6 heteroatoms. The third kappa shape index (κ3) is 8.23. The molecular formula is C20H31N3O3. The van der Waals surface area contributed by atoms with Crippen molar-refractivity contribution in [3.8, 4) is 5.75 Å². The highest BCUT2D eigenvalue weighted by Gasteiger charge is 2.15. The van der Waals surface area contributed by atoms with E-state index in [1.165, 1.54) is 19.3 Å². The monoisotopic (exact) mass is 361 g/mol. The predicted molar refractivity (Wildman–Crippen MR) is 102 cm³/mol. The molecule has 0 radical (unpaired) electrons. The van der Waals surface area contributed by atoms with Gasteiger partial charge in [0.15, 0.2) is 0 Å². The molecule has 0 heterocycles. The van der Waals surface area contributed by atoms with Crippen LogP contribution in [0.4, 0.5) is 4.79 Å². The second kappa shape index (κ2) is 11.4. The van der Waals surface area contributed by atoms with Crippen LogP contribution in [0, 0.1) is 6.92 Å². The fourth-order valence-corrected chi connectivity index (χ4v) is 3.06. The molecule has 1 aliphatic rings. The van der Waals surface area contributed by atoms with Crippen LogP contribution in [-0.4, -0.2) is 37.7 Å². The molecule has 0 unspecified atom stereocenters. The maximum absolute atomic E-state index is 11.8. The van der Waals surface area contributed by atoms with Crippen LogP contribution in [0.25, 0.3) is 0 Å². The number of ether oxygens (including phenoxy) is 1. The zero-order chi connectivity index (χ0) is 18.6. The zero-order valence-corrected chi connectivity index (χ0v) is 15.7. The maximum atomic E-state index is 11.8. The van der Waals surface area contributed by atoms with Crippen LogP contribution < -0.4 is 20.7 Å². The van der Waals surface area contributed by atoms with Gasteiger partial charge in [-0.2, -0.15) is 0 Å². The van der Waals surface area contributed by atoms with Crippen LogP contribution in [0.1, 0.15) is 50.5 Å². The molecule has 1 aromatic carbocycles. The number of aryl methyl sites for hydroxylation is 1. The van der Waals surface area contributed by atoms with Gasteiger partial charge in [0, 0.05) is 25.6 Å². The lowest BCUT2D eigenvalue weighted by molar-refractivity contribution is -0.120. The van der Waals surface area contributed by atoms with Gasteiger partial charge in [-0.3, -0.25) is 4.79 Å². The summed E-state index contributed by atoms with van der Waals surface area (Å²) in [5.41, 5.74) is 1.16. The van der Waals surface area contributed by atoms with Crippen molar-refractivity contribution in [1.29, 1.82) is 0 Å². The highest BCUT2D eigenvalue weighted by Crippen LogP contribution is 2.17. The number of hydrogen-bond acceptors (Lipinski definition) is 3. The lowest BCUT2D eigenvalue weighted by Gasteiger charge is -2.22. The van der Waals surface area contributed by atoms with Crippen LogP contribution in [0.3, 0.4) is 0 Å². The standard InChI is InChI=1S/C20H31N3O3/c1-16-7-5-10-18(15-16)26-14-6-12-21-19(24)11-13-22-20(25)23-17-8-3-2-4-9-17/h5,7,10,15,17H,2-4,6,8-9,11-14H2,1H3,(H,21,24)(H2,22,23,25). The van der Waals surface area contributed by atoms with Crippen molar-refractivity contribution < 1.29 is 14.3 Å². The molecule has 0 spiro atoms. The first kappa shape index (κ1) is 20.1. The Bertz CT molecular complexity index is 571. The highest BCUT2D eigenvalue weighted by molar-refractivity contribution is 5.78. The van der Waals surface area contributed by atoms with Crippen molar-refractivity contribution in [2.75, 3.05) is 19.7 Å². The van der Waals surface area contributed by atoms with Crippen molar-refractivity contribution in [3.63, 3.8) is 0 Å². The van der Waals surface area contributed by atoms with E-state index in [0.29, 0.717) is 19.7 Å². The average Bonchev–Trinajstić information content (AvgIpc) is 2.62. The van der Waals surface area contributed by atoms with Gasteiger partial charge in [-0.25, -0.2) is 4.79 Å². The lowest BCUT2D eigenvalue weighted by Crippen LogP contribution is -2.43. The second-order valence-electron chi connectivity index (χ2n) is 6.85. The summed E-state index contributed by atoms with van der Waals surface area (Å²) in [6, 6.07) is 8.01. The van der Waals surface area contributed by atoms with E-state index in [2.05, 4.69) is 16.0 Å². The molecule has 0 bridgehead atoms. The maximum Gasteiger partial charge on any atom is 0.315 e. The summed E-state index contributed by atoms with van der Waals surface area (Å²) in [6.45, 7) is 3.51. The van der Waals surface area contributed by atoms with Gasteiger partial charge >= 0.3 is 6.03 Å². The molecular weight excluding hydrogens is 330 g/mol. The van der Waals surface area contributed by atoms with Crippen molar-refractivity contribution in [1.82, 2.24) is 16.0 Å². The summed E-state index contributed by atoms with van der Waals surface area (Å²) in [5.74, 6) is 0.794. The fourth-order valence-electron chi connectivity index (χ4n) is 3.06. The number of benzene rings is 1. The first-order valence-corrected chi connectivity index (χ1v) is 9.64. The SMILES string of the molecule is Cc1cccc(OCCCNC(=O)CCNC(=O)NC2CCCCC2)c1. The van der Waals surface area contributed by atoms with Gasteiger partial charge in [0.25, 0.3) is 0 Å². The number of nitrogens with one attached hydrogen (secondary N) is 3. The largest absolute Gasteiger partial charge is 0.494 e. The summed E-state index contributed by atoms with van der Waals surface area (Å²) in [7, 11) is 0. The van der Waals surface area contributed by atoms with Crippen molar-refractivity contribution in [2.24, 2.45) is 0 Å². The molecule has 1 saturated carbocycles. The van der Waals surface area contributed by atoms with Gasteiger partial charge in [0.1, 0.15) is 5.75 Å². The molecule has 0 saturated heterocycles. The van der Waals surface area contributed by atoms with E-state index in [0.717, 1.165) is 30.6 Å². The van der Waals surface area contributed by atoms with Gasteiger partial charge in [-0.05, 0) is 43.9 Å².